The average molecular weight is 393 g/mol. The normalized spacial score (nSPS) is 11.4. The number of ether oxygens (including phenoxy) is 2. The van der Waals surface area contributed by atoms with E-state index in [1.165, 1.54) is 19.1 Å². The van der Waals surface area contributed by atoms with E-state index in [2.05, 4.69) is 5.32 Å². The molecule has 8 nitrogen and oxygen atoms in total. The molecule has 0 fully saturated rings. The average Bonchev–Trinajstić information content (AvgIpc) is 2.63. The zero-order valence-electron chi connectivity index (χ0n) is 14.6. The van der Waals surface area contributed by atoms with Crippen LogP contribution < -0.4 is 10.1 Å². The van der Waals surface area contributed by atoms with Gasteiger partial charge in [0, 0.05) is 11.8 Å². The molecule has 0 saturated heterocycles. The molecule has 0 heterocycles. The predicted molar refractivity (Wildman–Crippen MR) is 99.2 cm³/mol. The molecule has 0 aliphatic rings. The summed E-state index contributed by atoms with van der Waals surface area (Å²) in [5, 5.41) is 13.4. The molecule has 9 heteroatoms. The first-order valence-corrected chi connectivity index (χ1v) is 8.38. The zero-order chi connectivity index (χ0) is 20.0. The molecule has 0 aliphatic carbocycles. The zero-order valence-corrected chi connectivity index (χ0v) is 15.4. The molecule has 2 aromatic carbocycles. The minimum atomic E-state index is -1.11. The molecule has 0 bridgehead atoms. The molecule has 0 radical (unpaired) electrons. The maximum absolute atomic E-state index is 12.2. The number of rotatable bonds is 7. The van der Waals surface area contributed by atoms with Crippen LogP contribution in [0.5, 0.6) is 5.75 Å². The van der Waals surface area contributed by atoms with E-state index in [-0.39, 0.29) is 10.6 Å². The Morgan fingerprint density at radius 3 is 2.48 bits per heavy atom. The van der Waals surface area contributed by atoms with E-state index in [1.807, 2.05) is 6.92 Å². The topological polar surface area (TPSA) is 108 Å². The second-order valence-corrected chi connectivity index (χ2v) is 5.82. The standard InChI is InChI=1S/C18H17ClN2O6/c1-3-26-14-7-5-13(6-8-14)20-17(22)11(2)27-18(23)12-4-9-15(19)16(10-12)21(24)25/h4-11H,3H2,1-2H3,(H,20,22)/t11-/m1/s1. The van der Waals surface area contributed by atoms with E-state index < -0.39 is 28.6 Å². The molecule has 0 saturated carbocycles. The highest BCUT2D eigenvalue weighted by Gasteiger charge is 2.22. The molecule has 0 aliphatic heterocycles. The number of hydrogen-bond acceptors (Lipinski definition) is 6. The third-order valence-corrected chi connectivity index (χ3v) is 3.78. The number of esters is 1. The third-order valence-electron chi connectivity index (χ3n) is 3.46. The van der Waals surface area contributed by atoms with Crippen LogP contribution in [0, 0.1) is 10.1 Å². The Hall–Kier alpha value is -3.13. The molecular weight excluding hydrogens is 376 g/mol. The number of benzene rings is 2. The van der Waals surface area contributed by atoms with Crippen molar-refractivity contribution in [3.63, 3.8) is 0 Å². The van der Waals surface area contributed by atoms with Gasteiger partial charge < -0.3 is 14.8 Å². The molecule has 2 rings (SSSR count). The third kappa shape index (κ3) is 5.42. The minimum absolute atomic E-state index is 0.0770. The van der Waals surface area contributed by atoms with Gasteiger partial charge >= 0.3 is 5.97 Å². The number of halogens is 1. The fourth-order valence-electron chi connectivity index (χ4n) is 2.11. The monoisotopic (exact) mass is 392 g/mol. The van der Waals surface area contributed by atoms with Crippen molar-refractivity contribution in [2.24, 2.45) is 0 Å². The van der Waals surface area contributed by atoms with Gasteiger partial charge in [0.15, 0.2) is 6.10 Å². The smallest absolute Gasteiger partial charge is 0.339 e. The maximum Gasteiger partial charge on any atom is 0.339 e. The van der Waals surface area contributed by atoms with Crippen molar-refractivity contribution in [1.29, 1.82) is 0 Å². The van der Waals surface area contributed by atoms with Crippen LogP contribution in [-0.4, -0.2) is 29.5 Å². The summed E-state index contributed by atoms with van der Waals surface area (Å²) in [6.07, 6.45) is -1.11. The van der Waals surface area contributed by atoms with Crippen molar-refractivity contribution in [2.45, 2.75) is 20.0 Å². The molecular formula is C18H17ClN2O6. The first kappa shape index (κ1) is 20.2. The second-order valence-electron chi connectivity index (χ2n) is 5.42. The van der Waals surface area contributed by atoms with Crippen molar-refractivity contribution in [1.82, 2.24) is 0 Å². The molecule has 2 aromatic rings. The number of carbonyl (C=O) groups excluding carboxylic acids is 2. The number of nitrogens with one attached hydrogen (secondary N) is 1. The number of hydrogen-bond donors (Lipinski definition) is 1. The Labute approximate surface area is 160 Å². The number of amides is 1. The van der Waals surface area contributed by atoms with Crippen LogP contribution in [0.25, 0.3) is 0 Å². The summed E-state index contributed by atoms with van der Waals surface area (Å²) in [6.45, 7) is 3.79. The van der Waals surface area contributed by atoms with Crippen LogP contribution in [0.4, 0.5) is 11.4 Å². The first-order chi connectivity index (χ1) is 12.8. The van der Waals surface area contributed by atoms with E-state index in [0.717, 1.165) is 6.07 Å². The van der Waals surface area contributed by atoms with Crippen LogP contribution in [0.1, 0.15) is 24.2 Å². The molecule has 1 N–H and O–H groups in total. The quantitative estimate of drug-likeness (QED) is 0.436. The lowest BCUT2D eigenvalue weighted by molar-refractivity contribution is -0.384. The summed E-state index contributed by atoms with van der Waals surface area (Å²) >= 11 is 5.71. The van der Waals surface area contributed by atoms with Gasteiger partial charge in [0.05, 0.1) is 17.1 Å². The van der Waals surface area contributed by atoms with Crippen LogP contribution in [0.15, 0.2) is 42.5 Å². The fraction of sp³-hybridized carbons (Fsp3) is 0.222. The highest BCUT2D eigenvalue weighted by molar-refractivity contribution is 6.32. The van der Waals surface area contributed by atoms with E-state index in [0.29, 0.717) is 18.0 Å². The summed E-state index contributed by atoms with van der Waals surface area (Å²) in [5.41, 5.74) is 0.0120. The Kier molecular flexibility index (Phi) is 6.73. The van der Waals surface area contributed by atoms with Crippen LogP contribution in [0.3, 0.4) is 0 Å². The predicted octanol–water partition coefficient (Wildman–Crippen LogP) is 3.83. The molecule has 0 aromatic heterocycles. The van der Waals surface area contributed by atoms with Crippen LogP contribution in [0.2, 0.25) is 5.02 Å². The van der Waals surface area contributed by atoms with Crippen molar-refractivity contribution >= 4 is 34.9 Å². The van der Waals surface area contributed by atoms with Gasteiger partial charge in [-0.05, 0) is 50.2 Å². The summed E-state index contributed by atoms with van der Waals surface area (Å²) in [6, 6.07) is 10.2. The Bertz CT molecular complexity index is 853. The maximum atomic E-state index is 12.2. The van der Waals surface area contributed by atoms with Gasteiger partial charge in [-0.1, -0.05) is 11.6 Å². The lowest BCUT2D eigenvalue weighted by Crippen LogP contribution is -2.30. The number of carbonyl (C=O) groups is 2. The van der Waals surface area contributed by atoms with Gasteiger partial charge in [0.25, 0.3) is 11.6 Å². The molecule has 142 valence electrons. The largest absolute Gasteiger partial charge is 0.494 e. The van der Waals surface area contributed by atoms with Crippen molar-refractivity contribution in [2.75, 3.05) is 11.9 Å². The first-order valence-electron chi connectivity index (χ1n) is 8.00. The van der Waals surface area contributed by atoms with Gasteiger partial charge in [-0.15, -0.1) is 0 Å². The van der Waals surface area contributed by atoms with E-state index in [9.17, 15) is 19.7 Å². The van der Waals surface area contributed by atoms with E-state index in [1.54, 1.807) is 24.3 Å². The van der Waals surface area contributed by atoms with E-state index >= 15 is 0 Å². The number of nitrogens with zero attached hydrogens (tertiary/aromatic N) is 1. The lowest BCUT2D eigenvalue weighted by atomic mass is 10.2. The van der Waals surface area contributed by atoms with Crippen molar-refractivity contribution in [3.8, 4) is 5.75 Å². The van der Waals surface area contributed by atoms with Gasteiger partial charge in [-0.3, -0.25) is 14.9 Å². The van der Waals surface area contributed by atoms with Crippen LogP contribution in [-0.2, 0) is 9.53 Å². The number of nitro groups is 1. The minimum Gasteiger partial charge on any atom is -0.494 e. The summed E-state index contributed by atoms with van der Waals surface area (Å²) in [7, 11) is 0. The van der Waals surface area contributed by atoms with Crippen molar-refractivity contribution in [3.05, 3.63) is 63.2 Å². The van der Waals surface area contributed by atoms with Crippen LogP contribution >= 0.6 is 11.6 Å². The number of nitro benzene ring substituents is 1. The Morgan fingerprint density at radius 1 is 1.22 bits per heavy atom. The van der Waals surface area contributed by atoms with Gasteiger partial charge in [-0.25, -0.2) is 4.79 Å². The SMILES string of the molecule is CCOc1ccc(NC(=O)[C@@H](C)OC(=O)c2ccc(Cl)c([N+](=O)[O-])c2)cc1. The highest BCUT2D eigenvalue weighted by Crippen LogP contribution is 2.25. The fourth-order valence-corrected chi connectivity index (χ4v) is 2.29. The molecule has 1 atom stereocenters. The number of anilines is 1. The summed E-state index contributed by atoms with van der Waals surface area (Å²) in [4.78, 5) is 34.5. The van der Waals surface area contributed by atoms with E-state index in [4.69, 9.17) is 21.1 Å². The van der Waals surface area contributed by atoms with Gasteiger partial charge in [0.2, 0.25) is 0 Å². The lowest BCUT2D eigenvalue weighted by Gasteiger charge is -2.14. The van der Waals surface area contributed by atoms with Gasteiger partial charge in [0.1, 0.15) is 10.8 Å². The highest BCUT2D eigenvalue weighted by atomic mass is 35.5. The Morgan fingerprint density at radius 2 is 1.89 bits per heavy atom. The van der Waals surface area contributed by atoms with Crippen molar-refractivity contribution < 1.29 is 24.0 Å². The molecule has 0 spiro atoms. The molecule has 0 unspecified atom stereocenters. The van der Waals surface area contributed by atoms with Gasteiger partial charge in [-0.2, -0.15) is 0 Å². The molecule has 1 amide bonds. The summed E-state index contributed by atoms with van der Waals surface area (Å²) in [5.74, 6) is -0.751. The summed E-state index contributed by atoms with van der Waals surface area (Å²) < 4.78 is 10.4. The molecule has 27 heavy (non-hydrogen) atoms. The Balaban J connectivity index is 2.00. The second kappa shape index (κ2) is 9.00.